The number of nitrogens with one attached hydrogen (secondary N) is 2. The number of H-pyrrole nitrogens is 2. The molecule has 8 nitrogen and oxygen atoms in total. The second kappa shape index (κ2) is 12.5. The minimum Gasteiger partial charge on any atom is -0.355 e. The molecule has 8 bridgehead atoms. The maximum absolute atomic E-state index is 5.45. The molecule has 0 saturated carbocycles. The van der Waals surface area contributed by atoms with Crippen molar-refractivity contribution in [3.63, 3.8) is 0 Å². The Morgan fingerprint density at radius 2 is 0.942 bits per heavy atom. The molecule has 7 aromatic heterocycles. The van der Waals surface area contributed by atoms with Gasteiger partial charge in [0.15, 0.2) is 0 Å². The summed E-state index contributed by atoms with van der Waals surface area (Å²) < 4.78 is 0. The molecule has 52 heavy (non-hydrogen) atoms. The topological polar surface area (TPSA) is 109 Å². The van der Waals surface area contributed by atoms with Crippen LogP contribution in [0.1, 0.15) is 51.1 Å². The second-order valence-electron chi connectivity index (χ2n) is 13.3. The molecule has 2 N–H and O–H groups in total. The highest BCUT2D eigenvalue weighted by atomic mass is 14.8. The number of aromatic nitrogens is 8. The van der Waals surface area contributed by atoms with E-state index in [1.54, 1.807) is 0 Å². The maximum Gasteiger partial charge on any atom is 0.0815 e. The third-order valence-corrected chi connectivity index (χ3v) is 9.38. The molecule has 0 radical (unpaired) electrons. The van der Waals surface area contributed by atoms with Crippen LogP contribution >= 0.6 is 0 Å². The van der Waals surface area contributed by atoms with Crippen molar-refractivity contribution < 1.29 is 0 Å². The number of pyridine rings is 4. The normalized spacial score (nSPS) is 12.3. The lowest BCUT2D eigenvalue weighted by Gasteiger charge is -2.13. The molecule has 9 heterocycles. The molecule has 0 saturated heterocycles. The van der Waals surface area contributed by atoms with Crippen LogP contribution in [0.15, 0.2) is 104 Å². The molecule has 0 fully saturated rings. The summed E-state index contributed by atoms with van der Waals surface area (Å²) in [6.07, 6.45) is 13.8. The predicted octanol–water partition coefficient (Wildman–Crippen LogP) is 9.89. The van der Waals surface area contributed by atoms with E-state index in [0.29, 0.717) is 0 Å². The molecule has 0 aliphatic carbocycles. The Morgan fingerprint density at radius 1 is 0.442 bits per heavy atom. The molecule has 7 aromatic rings. The molecule has 0 unspecified atom stereocenters. The van der Waals surface area contributed by atoms with E-state index >= 15 is 0 Å². The lowest BCUT2D eigenvalue weighted by atomic mass is 9.91. The summed E-state index contributed by atoms with van der Waals surface area (Å²) in [5.41, 5.74) is 19.0. The van der Waals surface area contributed by atoms with E-state index in [4.69, 9.17) is 9.97 Å². The molecule has 0 spiro atoms. The Balaban J connectivity index is 1.55. The van der Waals surface area contributed by atoms with E-state index in [0.717, 1.165) is 112 Å². The first-order valence-corrected chi connectivity index (χ1v) is 17.2. The number of hydrogen-bond acceptors (Lipinski definition) is 6. The molecule has 250 valence electrons. The van der Waals surface area contributed by atoms with Crippen molar-refractivity contribution in [1.82, 2.24) is 39.9 Å². The smallest absolute Gasteiger partial charge is 0.0815 e. The average molecular weight is 675 g/mol. The fourth-order valence-electron chi connectivity index (χ4n) is 7.16. The SMILES string of the molecule is Cc1cc(C2=Cc3cc4ccc(cc5nc(cc6[nH]c(c(-c7ccnc(C)c7)c2n3)c(-c2ccnc(C)c2)c6-c2ccnc(C)c2)C=C5)[nH]4)ccn1. The van der Waals surface area contributed by atoms with Gasteiger partial charge in [-0.25, -0.2) is 9.97 Å². The van der Waals surface area contributed by atoms with Crippen LogP contribution in [0.25, 0.3) is 79.2 Å². The molecule has 9 rings (SSSR count). The van der Waals surface area contributed by atoms with Crippen molar-refractivity contribution in [3.05, 3.63) is 155 Å². The van der Waals surface area contributed by atoms with Gasteiger partial charge in [0.05, 0.1) is 28.3 Å². The maximum atomic E-state index is 5.45. The quantitative estimate of drug-likeness (QED) is 0.192. The van der Waals surface area contributed by atoms with Gasteiger partial charge in [0.1, 0.15) is 0 Å². The summed E-state index contributed by atoms with van der Waals surface area (Å²) in [5, 5.41) is 0. The van der Waals surface area contributed by atoms with E-state index in [9.17, 15) is 0 Å². The molecule has 8 heteroatoms. The third-order valence-electron chi connectivity index (χ3n) is 9.38. The fourth-order valence-corrected chi connectivity index (χ4v) is 7.16. The number of aromatic amines is 2. The van der Waals surface area contributed by atoms with Gasteiger partial charge in [-0.05, 0) is 147 Å². The Labute approximate surface area is 300 Å². The molecular weight excluding hydrogens is 641 g/mol. The van der Waals surface area contributed by atoms with E-state index < -0.39 is 0 Å². The van der Waals surface area contributed by atoms with Gasteiger partial charge in [0.2, 0.25) is 0 Å². The number of fused-ring (bicyclic) bond motifs is 8. The van der Waals surface area contributed by atoms with Gasteiger partial charge in [-0.2, -0.15) is 0 Å². The molecule has 0 atom stereocenters. The van der Waals surface area contributed by atoms with Crippen molar-refractivity contribution >= 4 is 45.9 Å². The zero-order valence-electron chi connectivity index (χ0n) is 29.2. The van der Waals surface area contributed by atoms with E-state index in [2.05, 4.69) is 121 Å². The Morgan fingerprint density at radius 3 is 1.54 bits per heavy atom. The number of hydrogen-bond donors (Lipinski definition) is 2. The van der Waals surface area contributed by atoms with Crippen molar-refractivity contribution in [2.45, 2.75) is 27.7 Å². The highest BCUT2D eigenvalue weighted by Gasteiger charge is 2.25. The summed E-state index contributed by atoms with van der Waals surface area (Å²) in [4.78, 5) is 36.2. The van der Waals surface area contributed by atoms with Crippen LogP contribution in [-0.2, 0) is 0 Å². The van der Waals surface area contributed by atoms with E-state index in [-0.39, 0.29) is 0 Å². The minimum absolute atomic E-state index is 0.835. The number of nitrogens with zero attached hydrogens (tertiary/aromatic N) is 6. The number of aryl methyl sites for hydroxylation is 4. The zero-order chi connectivity index (χ0) is 35.3. The monoisotopic (exact) mass is 674 g/mol. The van der Waals surface area contributed by atoms with Gasteiger partial charge in [-0.1, -0.05) is 0 Å². The van der Waals surface area contributed by atoms with Gasteiger partial charge < -0.3 is 9.97 Å². The summed E-state index contributed by atoms with van der Waals surface area (Å²) >= 11 is 0. The Hall–Kier alpha value is -6.80. The van der Waals surface area contributed by atoms with E-state index in [1.165, 1.54) is 0 Å². The van der Waals surface area contributed by atoms with Crippen molar-refractivity contribution in [2.75, 3.05) is 0 Å². The van der Waals surface area contributed by atoms with Crippen LogP contribution in [0.5, 0.6) is 0 Å². The first-order chi connectivity index (χ1) is 25.3. The van der Waals surface area contributed by atoms with Gasteiger partial charge >= 0.3 is 0 Å². The van der Waals surface area contributed by atoms with Crippen molar-refractivity contribution in [3.8, 4) is 33.4 Å². The van der Waals surface area contributed by atoms with Crippen LogP contribution in [0.4, 0.5) is 0 Å². The van der Waals surface area contributed by atoms with Crippen LogP contribution < -0.4 is 0 Å². The Kier molecular flexibility index (Phi) is 7.51. The van der Waals surface area contributed by atoms with Gasteiger partial charge in [0.25, 0.3) is 0 Å². The van der Waals surface area contributed by atoms with Crippen LogP contribution in [0, 0.1) is 27.7 Å². The van der Waals surface area contributed by atoms with Crippen LogP contribution in [-0.4, -0.2) is 39.9 Å². The van der Waals surface area contributed by atoms with Gasteiger partial charge in [-0.15, -0.1) is 0 Å². The van der Waals surface area contributed by atoms with E-state index in [1.807, 2.05) is 58.6 Å². The summed E-state index contributed by atoms with van der Waals surface area (Å²) in [5.74, 6) is 0. The van der Waals surface area contributed by atoms with Crippen molar-refractivity contribution in [1.29, 1.82) is 0 Å². The average Bonchev–Trinajstić information content (AvgIpc) is 3.93. The number of rotatable bonds is 4. The fraction of sp³-hybridized carbons (Fsp3) is 0.0909. The summed E-state index contributed by atoms with van der Waals surface area (Å²) in [6, 6.07) is 27.3. The summed E-state index contributed by atoms with van der Waals surface area (Å²) in [6.45, 7) is 8.09. The standard InChI is InChI=1S/C44H34N8/c1-25-17-29(9-13-45-25)38-23-37-22-35-6-5-33(49-35)21-34-7-8-36(50-34)24-39-40(30-10-14-46-26(2)18-30)41(31-11-15-47-27(3)19-31)44(52-39)42(43(38)51-37)32-12-16-48-28(4)20-32/h5-24,49,52H,1-4H3. The second-order valence-corrected chi connectivity index (χ2v) is 13.3. The molecule has 0 aromatic carbocycles. The Bertz CT molecular complexity index is 2800. The third kappa shape index (κ3) is 5.80. The van der Waals surface area contributed by atoms with Crippen LogP contribution in [0.2, 0.25) is 0 Å². The zero-order valence-corrected chi connectivity index (χ0v) is 29.2. The first kappa shape index (κ1) is 31.2. The predicted molar refractivity (Wildman–Crippen MR) is 210 cm³/mol. The molecule has 0 amide bonds. The minimum atomic E-state index is 0.835. The highest BCUT2D eigenvalue weighted by Crippen LogP contribution is 2.45. The van der Waals surface area contributed by atoms with Gasteiger partial charge in [0, 0.05) is 86.4 Å². The van der Waals surface area contributed by atoms with Gasteiger partial charge in [-0.3, -0.25) is 19.9 Å². The lowest BCUT2D eigenvalue weighted by molar-refractivity contribution is 1.19. The van der Waals surface area contributed by atoms with Crippen molar-refractivity contribution in [2.24, 2.45) is 0 Å². The first-order valence-electron chi connectivity index (χ1n) is 17.2. The summed E-state index contributed by atoms with van der Waals surface area (Å²) in [7, 11) is 0. The highest BCUT2D eigenvalue weighted by molar-refractivity contribution is 6.10. The molecule has 2 aliphatic rings. The molecule has 2 aliphatic heterocycles. The van der Waals surface area contributed by atoms with Crippen LogP contribution in [0.3, 0.4) is 0 Å². The lowest BCUT2D eigenvalue weighted by Crippen LogP contribution is -1.95. The molecular formula is C44H34N8. The largest absolute Gasteiger partial charge is 0.355 e.